The third-order valence-electron chi connectivity index (χ3n) is 4.83. The molecule has 0 aromatic carbocycles. The Hall–Kier alpha value is -0.440. The summed E-state index contributed by atoms with van der Waals surface area (Å²) >= 11 is 0. The molecule has 0 radical (unpaired) electrons. The second-order valence-electron chi connectivity index (χ2n) is 6.06. The van der Waals surface area contributed by atoms with Crippen LogP contribution in [0.3, 0.4) is 0 Å². The van der Waals surface area contributed by atoms with E-state index in [-0.39, 0.29) is 0 Å². The molecule has 0 aromatic heterocycles. The van der Waals surface area contributed by atoms with E-state index in [1.807, 2.05) is 0 Å². The third-order valence-corrected chi connectivity index (χ3v) is 4.83. The highest BCUT2D eigenvalue weighted by Gasteiger charge is 2.70. The molecule has 9 atom stereocenters. The van der Waals surface area contributed by atoms with Crippen molar-refractivity contribution >= 4 is 0 Å². The third kappa shape index (κ3) is 2.66. The monoisotopic (exact) mass is 356 g/mol. The van der Waals surface area contributed by atoms with Crippen LogP contribution in [-0.4, -0.2) is 122 Å². The molecular weight excluding hydrogens is 332 g/mol. The maximum atomic E-state index is 10.9. The Morgan fingerprint density at radius 3 is 2.12 bits per heavy atom. The SMILES string of the molecule is CO[C@H]1O[C@H](CO)[C@@](O)([C@@]2(O)CO[C@H](CO)[C@H](O)[C@@H]2O)[C@H](O)[C@H]1O. The summed E-state index contributed by atoms with van der Waals surface area (Å²) in [6, 6.07) is 0. The van der Waals surface area contributed by atoms with Gasteiger partial charge in [-0.1, -0.05) is 0 Å². The number of hydrogen-bond donors (Lipinski definition) is 8. The Morgan fingerprint density at radius 1 is 1.00 bits per heavy atom. The molecule has 11 heteroatoms. The van der Waals surface area contributed by atoms with E-state index < -0.39 is 73.9 Å². The Balaban J connectivity index is 2.42. The van der Waals surface area contributed by atoms with Crippen molar-refractivity contribution in [2.75, 3.05) is 26.9 Å². The van der Waals surface area contributed by atoms with Gasteiger partial charge in [0, 0.05) is 7.11 Å². The van der Waals surface area contributed by atoms with Gasteiger partial charge in [0.1, 0.15) is 36.6 Å². The normalized spacial score (nSPS) is 53.1. The average Bonchev–Trinajstić information content (AvgIpc) is 2.58. The Labute approximate surface area is 137 Å². The predicted molar refractivity (Wildman–Crippen MR) is 73.5 cm³/mol. The van der Waals surface area contributed by atoms with E-state index in [0.29, 0.717) is 0 Å². The molecule has 0 unspecified atom stereocenters. The number of ether oxygens (including phenoxy) is 3. The first-order valence-electron chi connectivity index (χ1n) is 7.37. The van der Waals surface area contributed by atoms with Crippen molar-refractivity contribution in [1.82, 2.24) is 0 Å². The highest BCUT2D eigenvalue weighted by Crippen LogP contribution is 2.43. The molecule has 2 saturated heterocycles. The number of hydrogen-bond acceptors (Lipinski definition) is 11. The van der Waals surface area contributed by atoms with E-state index in [2.05, 4.69) is 0 Å². The largest absolute Gasteiger partial charge is 0.394 e. The van der Waals surface area contributed by atoms with E-state index >= 15 is 0 Å². The molecule has 2 aliphatic rings. The van der Waals surface area contributed by atoms with Crippen LogP contribution in [0.4, 0.5) is 0 Å². The van der Waals surface area contributed by atoms with Crippen LogP contribution >= 0.6 is 0 Å². The minimum Gasteiger partial charge on any atom is -0.394 e. The second-order valence-corrected chi connectivity index (χ2v) is 6.06. The molecule has 0 bridgehead atoms. The topological polar surface area (TPSA) is 190 Å². The summed E-state index contributed by atoms with van der Waals surface area (Å²) in [5, 5.41) is 80.7. The molecule has 142 valence electrons. The van der Waals surface area contributed by atoms with Crippen molar-refractivity contribution < 1.29 is 55.1 Å². The molecule has 2 rings (SSSR count). The van der Waals surface area contributed by atoms with Gasteiger partial charge in [0.15, 0.2) is 17.5 Å². The fourth-order valence-electron chi connectivity index (χ4n) is 3.27. The van der Waals surface area contributed by atoms with Crippen LogP contribution in [-0.2, 0) is 14.2 Å². The van der Waals surface area contributed by atoms with E-state index in [1.54, 1.807) is 0 Å². The van der Waals surface area contributed by atoms with Crippen molar-refractivity contribution in [2.24, 2.45) is 0 Å². The minimum atomic E-state index is -2.81. The minimum absolute atomic E-state index is 0.663. The van der Waals surface area contributed by atoms with Crippen molar-refractivity contribution in [2.45, 2.75) is 54.1 Å². The first-order chi connectivity index (χ1) is 11.2. The highest BCUT2D eigenvalue weighted by molar-refractivity contribution is 5.18. The van der Waals surface area contributed by atoms with Crippen molar-refractivity contribution in [3.63, 3.8) is 0 Å². The zero-order valence-corrected chi connectivity index (χ0v) is 13.0. The number of rotatable bonds is 4. The van der Waals surface area contributed by atoms with Crippen LogP contribution in [0.5, 0.6) is 0 Å². The number of aliphatic hydroxyl groups excluding tert-OH is 6. The molecule has 11 nitrogen and oxygen atoms in total. The summed E-state index contributed by atoms with van der Waals surface area (Å²) in [6.07, 6.45) is -12.1. The molecule has 2 heterocycles. The molecule has 0 saturated carbocycles. The second kappa shape index (κ2) is 7.05. The number of aliphatic hydroxyl groups is 8. The van der Waals surface area contributed by atoms with Crippen LogP contribution in [0.1, 0.15) is 0 Å². The molecule has 0 aliphatic carbocycles. The van der Waals surface area contributed by atoms with Gasteiger partial charge in [0.2, 0.25) is 0 Å². The number of methoxy groups -OCH3 is 1. The van der Waals surface area contributed by atoms with Crippen LogP contribution in [0, 0.1) is 0 Å². The summed E-state index contributed by atoms with van der Waals surface area (Å²) in [7, 11) is 1.16. The molecule has 2 aliphatic heterocycles. The van der Waals surface area contributed by atoms with Gasteiger partial charge >= 0.3 is 0 Å². The lowest BCUT2D eigenvalue weighted by molar-refractivity contribution is -0.389. The Kier molecular flexibility index (Phi) is 5.84. The van der Waals surface area contributed by atoms with Crippen LogP contribution < -0.4 is 0 Å². The predicted octanol–water partition coefficient (Wildman–Crippen LogP) is -5.35. The van der Waals surface area contributed by atoms with Gasteiger partial charge in [-0.2, -0.15) is 0 Å². The highest BCUT2D eigenvalue weighted by atomic mass is 16.7. The summed E-state index contributed by atoms with van der Waals surface area (Å²) < 4.78 is 15.0. The van der Waals surface area contributed by atoms with Gasteiger partial charge in [-0.05, 0) is 0 Å². The molecule has 2 fully saturated rings. The lowest BCUT2D eigenvalue weighted by atomic mass is 9.67. The Morgan fingerprint density at radius 2 is 1.62 bits per heavy atom. The van der Waals surface area contributed by atoms with E-state index in [9.17, 15) is 35.7 Å². The Bertz CT molecular complexity index is 432. The molecule has 24 heavy (non-hydrogen) atoms. The van der Waals surface area contributed by atoms with Gasteiger partial charge in [-0.15, -0.1) is 0 Å². The van der Waals surface area contributed by atoms with Crippen LogP contribution in [0.2, 0.25) is 0 Å². The summed E-state index contributed by atoms with van der Waals surface area (Å²) in [5.41, 5.74) is -5.53. The van der Waals surface area contributed by atoms with Crippen molar-refractivity contribution in [3.8, 4) is 0 Å². The first kappa shape index (κ1) is 19.9. The van der Waals surface area contributed by atoms with E-state index in [1.165, 1.54) is 0 Å². The summed E-state index contributed by atoms with van der Waals surface area (Å²) in [6.45, 7) is -2.38. The quantitative estimate of drug-likeness (QED) is 0.240. The van der Waals surface area contributed by atoms with Gasteiger partial charge in [-0.3, -0.25) is 0 Å². The van der Waals surface area contributed by atoms with E-state index in [0.717, 1.165) is 7.11 Å². The molecule has 8 N–H and O–H groups in total. The van der Waals surface area contributed by atoms with Crippen molar-refractivity contribution in [1.29, 1.82) is 0 Å². The smallest absolute Gasteiger partial charge is 0.186 e. The lowest BCUT2D eigenvalue weighted by Gasteiger charge is -2.57. The van der Waals surface area contributed by atoms with Gasteiger partial charge in [-0.25, -0.2) is 0 Å². The zero-order valence-electron chi connectivity index (χ0n) is 13.0. The van der Waals surface area contributed by atoms with Gasteiger partial charge in [0.25, 0.3) is 0 Å². The maximum absolute atomic E-state index is 10.9. The van der Waals surface area contributed by atoms with Gasteiger partial charge in [0.05, 0.1) is 19.8 Å². The lowest BCUT2D eigenvalue weighted by Crippen LogP contribution is -2.82. The standard InChI is InChI=1S/C13H24O11/c1-22-11-8(17)10(19)13(21,6(3-15)24-11)12(20)4-23-5(2-14)7(16)9(12)18/h5-11,14-21H,2-4H2,1H3/t5-,6-,7+,8-,9+,10-,11+,12-,13+/m1/s1. The van der Waals surface area contributed by atoms with Crippen molar-refractivity contribution in [3.05, 3.63) is 0 Å². The fourth-order valence-corrected chi connectivity index (χ4v) is 3.27. The fraction of sp³-hybridized carbons (Fsp3) is 1.00. The van der Waals surface area contributed by atoms with E-state index in [4.69, 9.17) is 19.3 Å². The maximum Gasteiger partial charge on any atom is 0.186 e. The summed E-state index contributed by atoms with van der Waals surface area (Å²) in [4.78, 5) is 0. The molecule has 0 aromatic rings. The molecular formula is C13H24O11. The van der Waals surface area contributed by atoms with Crippen LogP contribution in [0.25, 0.3) is 0 Å². The summed E-state index contributed by atoms with van der Waals surface area (Å²) in [5.74, 6) is 0. The zero-order chi connectivity index (χ0) is 18.3. The average molecular weight is 356 g/mol. The van der Waals surface area contributed by atoms with Crippen LogP contribution in [0.15, 0.2) is 0 Å². The molecule has 0 spiro atoms. The first-order valence-corrected chi connectivity index (χ1v) is 7.37. The van der Waals surface area contributed by atoms with Gasteiger partial charge < -0.3 is 55.1 Å². The molecule has 0 amide bonds.